The molecule has 0 aliphatic rings. The molecule has 6 nitrogen and oxygen atoms in total. The third kappa shape index (κ3) is 3.81. The summed E-state index contributed by atoms with van der Waals surface area (Å²) in [6, 6.07) is 1.96. The van der Waals surface area contributed by atoms with E-state index >= 15 is 0 Å². The molecule has 3 aromatic heterocycles. The Morgan fingerprint density at radius 2 is 1.82 bits per heavy atom. The molecule has 3 rings (SSSR count). The van der Waals surface area contributed by atoms with Crippen molar-refractivity contribution in [3.8, 4) is 17.1 Å². The summed E-state index contributed by atoms with van der Waals surface area (Å²) in [5.74, 6) is -6.23. The van der Waals surface area contributed by atoms with Crippen molar-refractivity contribution in [1.82, 2.24) is 24.8 Å². The number of pyridine rings is 1. The lowest BCUT2D eigenvalue weighted by molar-refractivity contribution is -0.190. The van der Waals surface area contributed by atoms with Gasteiger partial charge in [-0.25, -0.2) is 9.37 Å². The lowest BCUT2D eigenvalue weighted by atomic mass is 10.2. The second-order valence-corrected chi connectivity index (χ2v) is 6.24. The van der Waals surface area contributed by atoms with E-state index < -0.39 is 35.7 Å². The quantitative estimate of drug-likeness (QED) is 0.579. The van der Waals surface area contributed by atoms with Gasteiger partial charge in [-0.05, 0) is 13.0 Å². The molecule has 0 bridgehead atoms. The van der Waals surface area contributed by atoms with Crippen LogP contribution in [0.25, 0.3) is 16.9 Å². The van der Waals surface area contributed by atoms with Crippen LogP contribution in [0.3, 0.4) is 0 Å². The fourth-order valence-electron chi connectivity index (χ4n) is 2.16. The first-order valence-electron chi connectivity index (χ1n) is 7.57. The van der Waals surface area contributed by atoms with Gasteiger partial charge in [0.15, 0.2) is 17.6 Å². The first-order valence-corrected chi connectivity index (χ1v) is 7.95. The molecule has 150 valence electrons. The molecular weight excluding hydrogens is 416 g/mol. The van der Waals surface area contributed by atoms with Crippen LogP contribution < -0.4 is 4.74 Å². The molecule has 0 amide bonds. The standard InChI is InChI=1S/C15H10ClF6N5O/c1-6(15(20,21)22)28-12-9(17)3-7(5-23-12)11-8(16)4-10-24-25-13(14(2,18)19)27(10)26-11/h3-6H,1-2H3/t6-/m1/s1. The molecule has 0 saturated carbocycles. The van der Waals surface area contributed by atoms with Crippen LogP contribution in [0.5, 0.6) is 5.88 Å². The van der Waals surface area contributed by atoms with Crippen LogP contribution in [0, 0.1) is 5.82 Å². The van der Waals surface area contributed by atoms with E-state index in [-0.39, 0.29) is 21.9 Å². The fourth-order valence-corrected chi connectivity index (χ4v) is 2.40. The zero-order chi connectivity index (χ0) is 20.9. The molecule has 3 aromatic rings. The maximum atomic E-state index is 14.2. The number of hydrogen-bond donors (Lipinski definition) is 0. The van der Waals surface area contributed by atoms with E-state index in [2.05, 4.69) is 25.0 Å². The van der Waals surface area contributed by atoms with Crippen LogP contribution in [0.4, 0.5) is 26.3 Å². The molecule has 0 aliphatic heterocycles. The number of alkyl halides is 5. The summed E-state index contributed by atoms with van der Waals surface area (Å²) in [5.41, 5.74) is -0.297. The van der Waals surface area contributed by atoms with Crippen LogP contribution in [0.1, 0.15) is 19.7 Å². The average Bonchev–Trinajstić information content (AvgIpc) is 2.97. The first-order chi connectivity index (χ1) is 12.9. The van der Waals surface area contributed by atoms with Crippen molar-refractivity contribution in [2.45, 2.75) is 32.1 Å². The molecule has 13 heteroatoms. The third-order valence-corrected chi connectivity index (χ3v) is 3.86. The molecule has 0 aliphatic carbocycles. The molecule has 28 heavy (non-hydrogen) atoms. The van der Waals surface area contributed by atoms with E-state index in [0.717, 1.165) is 16.8 Å². The van der Waals surface area contributed by atoms with E-state index in [4.69, 9.17) is 11.6 Å². The van der Waals surface area contributed by atoms with Crippen molar-refractivity contribution >= 4 is 17.2 Å². The van der Waals surface area contributed by atoms with Gasteiger partial charge in [0.2, 0.25) is 5.82 Å². The van der Waals surface area contributed by atoms with Gasteiger partial charge in [-0.15, -0.1) is 10.2 Å². The van der Waals surface area contributed by atoms with Crippen molar-refractivity contribution < 1.29 is 31.1 Å². The number of rotatable bonds is 4. The Balaban J connectivity index is 2.03. The molecule has 0 unspecified atom stereocenters. The fraction of sp³-hybridized carbons (Fsp3) is 0.333. The Hall–Kier alpha value is -2.63. The van der Waals surface area contributed by atoms with Crippen LogP contribution in [-0.2, 0) is 5.92 Å². The molecular formula is C15H10ClF6N5O. The predicted molar refractivity (Wildman–Crippen MR) is 84.7 cm³/mol. The van der Waals surface area contributed by atoms with E-state index in [1.807, 2.05) is 0 Å². The predicted octanol–water partition coefficient (Wildman–Crippen LogP) is 4.42. The second-order valence-electron chi connectivity index (χ2n) is 5.84. The number of nitrogens with zero attached hydrogens (tertiary/aromatic N) is 5. The van der Waals surface area contributed by atoms with Crippen LogP contribution in [-0.4, -0.2) is 37.1 Å². The Morgan fingerprint density at radius 3 is 2.39 bits per heavy atom. The van der Waals surface area contributed by atoms with E-state index in [1.54, 1.807) is 0 Å². The summed E-state index contributed by atoms with van der Waals surface area (Å²) >= 11 is 6.04. The van der Waals surface area contributed by atoms with Gasteiger partial charge in [-0.1, -0.05) is 11.6 Å². The molecule has 0 radical (unpaired) electrons. The van der Waals surface area contributed by atoms with E-state index in [0.29, 0.717) is 13.8 Å². The number of aromatic nitrogens is 5. The van der Waals surface area contributed by atoms with Crippen molar-refractivity contribution in [2.24, 2.45) is 0 Å². The second kappa shape index (κ2) is 6.76. The summed E-state index contributed by atoms with van der Waals surface area (Å²) in [5, 5.41) is 10.7. The van der Waals surface area contributed by atoms with Crippen LogP contribution >= 0.6 is 11.6 Å². The number of hydrogen-bond acceptors (Lipinski definition) is 5. The Morgan fingerprint density at radius 1 is 1.14 bits per heavy atom. The molecule has 0 N–H and O–H groups in total. The average molecular weight is 426 g/mol. The van der Waals surface area contributed by atoms with Gasteiger partial charge in [0, 0.05) is 24.8 Å². The SMILES string of the molecule is C[C@@H](Oc1ncc(-c2nn3c(C(C)(F)F)nnc3cc2Cl)cc1F)C(F)(F)F. The topological polar surface area (TPSA) is 65.2 Å². The van der Waals surface area contributed by atoms with Crippen molar-refractivity contribution in [3.05, 3.63) is 35.0 Å². The zero-order valence-corrected chi connectivity index (χ0v) is 14.9. The highest BCUT2D eigenvalue weighted by Crippen LogP contribution is 2.32. The Bertz CT molecular complexity index is 1030. The smallest absolute Gasteiger partial charge is 0.425 e. The summed E-state index contributed by atoms with van der Waals surface area (Å²) in [6.07, 6.45) is -6.04. The van der Waals surface area contributed by atoms with Crippen molar-refractivity contribution in [3.63, 3.8) is 0 Å². The monoisotopic (exact) mass is 425 g/mol. The summed E-state index contributed by atoms with van der Waals surface area (Å²) < 4.78 is 84.2. The molecule has 0 spiro atoms. The van der Waals surface area contributed by atoms with Gasteiger partial charge >= 0.3 is 12.1 Å². The normalized spacial score (nSPS) is 13.8. The van der Waals surface area contributed by atoms with E-state index in [9.17, 15) is 26.3 Å². The van der Waals surface area contributed by atoms with Gasteiger partial charge in [0.05, 0.1) is 5.02 Å². The highest BCUT2D eigenvalue weighted by molar-refractivity contribution is 6.33. The Labute approximate surface area is 158 Å². The van der Waals surface area contributed by atoms with Gasteiger partial charge in [-0.2, -0.15) is 31.6 Å². The molecule has 3 heterocycles. The number of halogens is 7. The van der Waals surface area contributed by atoms with Crippen LogP contribution in [0.2, 0.25) is 5.02 Å². The minimum Gasteiger partial charge on any atom is -0.463 e. The lowest BCUT2D eigenvalue weighted by Crippen LogP contribution is -2.31. The van der Waals surface area contributed by atoms with Gasteiger partial charge in [-0.3, -0.25) is 0 Å². The number of ether oxygens (including phenoxy) is 1. The molecule has 0 fully saturated rings. The maximum Gasteiger partial charge on any atom is 0.425 e. The largest absolute Gasteiger partial charge is 0.463 e. The first kappa shape index (κ1) is 20.1. The van der Waals surface area contributed by atoms with E-state index in [1.165, 1.54) is 6.07 Å². The summed E-state index contributed by atoms with van der Waals surface area (Å²) in [4.78, 5) is 3.50. The third-order valence-electron chi connectivity index (χ3n) is 3.57. The molecule has 1 atom stereocenters. The summed E-state index contributed by atoms with van der Waals surface area (Å²) in [7, 11) is 0. The van der Waals surface area contributed by atoms with Gasteiger partial charge in [0.25, 0.3) is 5.88 Å². The molecule has 0 saturated heterocycles. The van der Waals surface area contributed by atoms with Crippen molar-refractivity contribution in [2.75, 3.05) is 0 Å². The van der Waals surface area contributed by atoms with Crippen LogP contribution in [0.15, 0.2) is 18.3 Å². The minimum absolute atomic E-state index is 0.0716. The zero-order valence-electron chi connectivity index (χ0n) is 14.1. The van der Waals surface area contributed by atoms with Gasteiger partial charge < -0.3 is 4.74 Å². The number of fused-ring (bicyclic) bond motifs is 1. The maximum absolute atomic E-state index is 14.2. The minimum atomic E-state index is -4.71. The molecule has 0 aromatic carbocycles. The van der Waals surface area contributed by atoms with Gasteiger partial charge in [0.1, 0.15) is 5.69 Å². The summed E-state index contributed by atoms with van der Waals surface area (Å²) in [6.45, 7) is 1.29. The Kier molecular flexibility index (Phi) is 4.86. The highest BCUT2D eigenvalue weighted by atomic mass is 35.5. The lowest BCUT2D eigenvalue weighted by Gasteiger charge is -2.17. The highest BCUT2D eigenvalue weighted by Gasteiger charge is 2.39. The van der Waals surface area contributed by atoms with Crippen molar-refractivity contribution in [1.29, 1.82) is 0 Å².